The molecular weight excluding hydrogens is 240 g/mol. The number of nitrogens with zero attached hydrogens (tertiary/aromatic N) is 2. The molecule has 1 amide bonds. The van der Waals surface area contributed by atoms with Crippen LogP contribution < -0.4 is 10.6 Å². The van der Waals surface area contributed by atoms with Crippen molar-refractivity contribution >= 4 is 23.0 Å². The summed E-state index contributed by atoms with van der Waals surface area (Å²) in [6, 6.07) is 12.7. The molecule has 1 aromatic carbocycles. The van der Waals surface area contributed by atoms with Crippen molar-refractivity contribution in [3.63, 3.8) is 0 Å². The largest absolute Gasteiger partial charge is 0.355 e. The Kier molecular flexibility index (Phi) is 3.74. The fourth-order valence-electron chi connectivity index (χ4n) is 1.61. The summed E-state index contributed by atoms with van der Waals surface area (Å²) in [5, 5.41) is 14.6. The lowest BCUT2D eigenvalue weighted by Gasteiger charge is -2.08. The number of carbonyl (C=O) groups excluding carboxylic acids is 1. The highest BCUT2D eigenvalue weighted by atomic mass is 16.1. The van der Waals surface area contributed by atoms with Crippen LogP contribution in [-0.4, -0.2) is 10.9 Å². The van der Waals surface area contributed by atoms with Crippen molar-refractivity contribution in [2.45, 2.75) is 6.92 Å². The zero-order chi connectivity index (χ0) is 13.7. The quantitative estimate of drug-likeness (QED) is 0.880. The zero-order valence-corrected chi connectivity index (χ0v) is 10.3. The molecular formula is C14H12N4O. The molecule has 0 radical (unpaired) electrons. The van der Waals surface area contributed by atoms with Crippen LogP contribution in [0.15, 0.2) is 42.6 Å². The van der Waals surface area contributed by atoms with E-state index < -0.39 is 0 Å². The third-order valence-electron chi connectivity index (χ3n) is 2.35. The molecule has 0 spiro atoms. The highest BCUT2D eigenvalue weighted by Gasteiger charge is 2.00. The van der Waals surface area contributed by atoms with Crippen LogP contribution in [0.1, 0.15) is 12.6 Å². The summed E-state index contributed by atoms with van der Waals surface area (Å²) in [7, 11) is 0. The van der Waals surface area contributed by atoms with Crippen LogP contribution in [0, 0.1) is 11.3 Å². The summed E-state index contributed by atoms with van der Waals surface area (Å²) in [5.74, 6) is -0.118. The van der Waals surface area contributed by atoms with Gasteiger partial charge in [-0.2, -0.15) is 5.26 Å². The lowest BCUT2D eigenvalue weighted by molar-refractivity contribution is -0.114. The van der Waals surface area contributed by atoms with Gasteiger partial charge in [-0.1, -0.05) is 6.07 Å². The van der Waals surface area contributed by atoms with Gasteiger partial charge in [-0.25, -0.2) is 4.98 Å². The molecule has 2 aromatic rings. The first-order valence-corrected chi connectivity index (χ1v) is 5.68. The van der Waals surface area contributed by atoms with Gasteiger partial charge < -0.3 is 10.6 Å². The molecule has 0 saturated heterocycles. The Labute approximate surface area is 110 Å². The lowest BCUT2D eigenvalue weighted by Crippen LogP contribution is -2.05. The second-order valence-electron chi connectivity index (χ2n) is 3.93. The number of hydrogen-bond acceptors (Lipinski definition) is 4. The summed E-state index contributed by atoms with van der Waals surface area (Å²) in [5.41, 5.74) is 2.66. The van der Waals surface area contributed by atoms with Gasteiger partial charge in [-0.05, 0) is 30.3 Å². The molecule has 0 unspecified atom stereocenters. The van der Waals surface area contributed by atoms with Crippen LogP contribution in [0.4, 0.5) is 17.1 Å². The van der Waals surface area contributed by atoms with Gasteiger partial charge in [0.05, 0.1) is 0 Å². The zero-order valence-electron chi connectivity index (χ0n) is 10.3. The second-order valence-corrected chi connectivity index (χ2v) is 3.93. The molecule has 0 aliphatic heterocycles. The fraction of sp³-hybridized carbons (Fsp3) is 0.0714. The summed E-state index contributed by atoms with van der Waals surface area (Å²) in [6.45, 7) is 1.46. The van der Waals surface area contributed by atoms with E-state index in [1.165, 1.54) is 6.92 Å². The molecule has 0 saturated carbocycles. The van der Waals surface area contributed by atoms with Crippen LogP contribution >= 0.6 is 0 Å². The number of hydrogen-bond donors (Lipinski definition) is 2. The Bertz CT molecular complexity index is 646. The number of pyridine rings is 1. The van der Waals surface area contributed by atoms with E-state index in [4.69, 9.17) is 5.26 Å². The summed E-state index contributed by atoms with van der Waals surface area (Å²) in [4.78, 5) is 14.9. The van der Waals surface area contributed by atoms with Gasteiger partial charge in [-0.15, -0.1) is 0 Å². The number of anilines is 3. The lowest BCUT2D eigenvalue weighted by atomic mass is 10.2. The molecule has 0 atom stereocenters. The monoisotopic (exact) mass is 252 g/mol. The fourth-order valence-corrected chi connectivity index (χ4v) is 1.61. The molecule has 5 nitrogen and oxygen atoms in total. The first kappa shape index (κ1) is 12.6. The maximum absolute atomic E-state index is 11.0. The minimum atomic E-state index is -0.118. The Morgan fingerprint density at radius 1 is 1.21 bits per heavy atom. The Balaban J connectivity index is 2.18. The van der Waals surface area contributed by atoms with E-state index in [1.54, 1.807) is 24.4 Å². The minimum absolute atomic E-state index is 0.118. The van der Waals surface area contributed by atoms with Crippen molar-refractivity contribution in [2.75, 3.05) is 10.6 Å². The van der Waals surface area contributed by atoms with Gasteiger partial charge in [-0.3, -0.25) is 4.79 Å². The van der Waals surface area contributed by atoms with Crippen molar-refractivity contribution in [3.05, 3.63) is 48.3 Å². The first-order valence-electron chi connectivity index (χ1n) is 5.68. The van der Waals surface area contributed by atoms with E-state index in [9.17, 15) is 4.79 Å². The smallest absolute Gasteiger partial charge is 0.221 e. The molecule has 19 heavy (non-hydrogen) atoms. The number of carbonyl (C=O) groups is 1. The van der Waals surface area contributed by atoms with Gasteiger partial charge in [0.25, 0.3) is 0 Å². The summed E-state index contributed by atoms with van der Waals surface area (Å²) in [6.07, 6.45) is 1.57. The van der Waals surface area contributed by atoms with Crippen molar-refractivity contribution in [1.29, 1.82) is 5.26 Å². The highest BCUT2D eigenvalue weighted by molar-refractivity contribution is 5.89. The van der Waals surface area contributed by atoms with E-state index in [1.807, 2.05) is 24.3 Å². The van der Waals surface area contributed by atoms with Gasteiger partial charge >= 0.3 is 0 Å². The first-order chi connectivity index (χ1) is 9.17. The Morgan fingerprint density at radius 3 is 2.68 bits per heavy atom. The molecule has 1 aromatic heterocycles. The number of benzene rings is 1. The Morgan fingerprint density at radius 2 is 1.95 bits per heavy atom. The van der Waals surface area contributed by atoms with Gasteiger partial charge in [0.1, 0.15) is 11.8 Å². The standard InChI is InChI=1S/C14H12N4O/c1-10(19)17-11-3-2-4-12(7-11)18-13-5-6-16-14(8-13)9-15/h2-8H,1H3,(H,16,18)(H,17,19). The molecule has 2 N–H and O–H groups in total. The van der Waals surface area contributed by atoms with E-state index in [-0.39, 0.29) is 5.91 Å². The third kappa shape index (κ3) is 3.54. The van der Waals surface area contributed by atoms with Crippen molar-refractivity contribution in [2.24, 2.45) is 0 Å². The van der Waals surface area contributed by atoms with Crippen molar-refractivity contribution < 1.29 is 4.79 Å². The summed E-state index contributed by atoms with van der Waals surface area (Å²) < 4.78 is 0. The second kappa shape index (κ2) is 5.65. The average Bonchev–Trinajstić information content (AvgIpc) is 2.38. The van der Waals surface area contributed by atoms with E-state index in [2.05, 4.69) is 15.6 Å². The van der Waals surface area contributed by atoms with Crippen LogP contribution in [0.25, 0.3) is 0 Å². The molecule has 94 valence electrons. The maximum Gasteiger partial charge on any atom is 0.221 e. The predicted octanol–water partition coefficient (Wildman–Crippen LogP) is 2.66. The molecule has 0 aliphatic rings. The minimum Gasteiger partial charge on any atom is -0.355 e. The number of aromatic nitrogens is 1. The number of rotatable bonds is 3. The molecule has 0 aliphatic carbocycles. The van der Waals surface area contributed by atoms with Crippen LogP contribution in [0.3, 0.4) is 0 Å². The van der Waals surface area contributed by atoms with Gasteiger partial charge in [0.15, 0.2) is 0 Å². The van der Waals surface area contributed by atoms with Crippen molar-refractivity contribution in [3.8, 4) is 6.07 Å². The normalized spacial score (nSPS) is 9.47. The third-order valence-corrected chi connectivity index (χ3v) is 2.35. The number of nitriles is 1. The van der Waals surface area contributed by atoms with E-state index >= 15 is 0 Å². The van der Waals surface area contributed by atoms with Gasteiger partial charge in [0, 0.05) is 30.2 Å². The molecule has 5 heteroatoms. The average molecular weight is 252 g/mol. The molecule has 0 fully saturated rings. The molecule has 0 bridgehead atoms. The van der Waals surface area contributed by atoms with E-state index in [0.717, 1.165) is 11.4 Å². The van der Waals surface area contributed by atoms with Crippen molar-refractivity contribution in [1.82, 2.24) is 4.98 Å². The van der Waals surface area contributed by atoms with Crippen LogP contribution in [0.5, 0.6) is 0 Å². The maximum atomic E-state index is 11.0. The SMILES string of the molecule is CC(=O)Nc1cccc(Nc2ccnc(C#N)c2)c1. The molecule has 2 rings (SSSR count). The topological polar surface area (TPSA) is 77.8 Å². The predicted molar refractivity (Wildman–Crippen MR) is 73.0 cm³/mol. The highest BCUT2D eigenvalue weighted by Crippen LogP contribution is 2.20. The van der Waals surface area contributed by atoms with E-state index in [0.29, 0.717) is 11.4 Å². The summed E-state index contributed by atoms with van der Waals surface area (Å²) >= 11 is 0. The van der Waals surface area contributed by atoms with Crippen LogP contribution in [0.2, 0.25) is 0 Å². The van der Waals surface area contributed by atoms with Gasteiger partial charge in [0.2, 0.25) is 5.91 Å². The number of nitrogens with one attached hydrogen (secondary N) is 2. The number of amides is 1. The molecule has 1 heterocycles. The van der Waals surface area contributed by atoms with Crippen LogP contribution in [-0.2, 0) is 4.79 Å². The Hall–Kier alpha value is -2.87.